The molecule has 0 aliphatic carbocycles. The van der Waals surface area contributed by atoms with Gasteiger partial charge < -0.3 is 9.84 Å². The third-order valence-electron chi connectivity index (χ3n) is 2.74. The molecule has 0 heterocycles. The summed E-state index contributed by atoms with van der Waals surface area (Å²) in [4.78, 5) is 33.8. The monoisotopic (exact) mass is 259 g/mol. The molecule has 1 atom stereocenters. The Bertz CT molecular complexity index is 324. The van der Waals surface area contributed by atoms with Crippen molar-refractivity contribution in [3.05, 3.63) is 0 Å². The summed E-state index contributed by atoms with van der Waals surface area (Å²) in [5, 5.41) is 11.1. The lowest BCUT2D eigenvalue weighted by molar-refractivity contribution is -0.157. The van der Waals surface area contributed by atoms with Gasteiger partial charge in [-0.05, 0) is 20.3 Å². The first-order valence-corrected chi connectivity index (χ1v) is 5.84. The Kier molecular flexibility index (Phi) is 6.54. The van der Waals surface area contributed by atoms with Crippen molar-refractivity contribution in [2.24, 2.45) is 11.3 Å². The van der Waals surface area contributed by atoms with Gasteiger partial charge >= 0.3 is 5.97 Å². The Labute approximate surface area is 107 Å². The van der Waals surface area contributed by atoms with Gasteiger partial charge in [0, 0.05) is 6.92 Å². The number of carbonyl (C=O) groups excluding carboxylic acids is 3. The number of amides is 2. The second-order valence-electron chi connectivity index (χ2n) is 4.76. The molecule has 0 aromatic rings. The molecule has 0 fully saturated rings. The lowest BCUT2D eigenvalue weighted by Crippen LogP contribution is -2.39. The minimum absolute atomic E-state index is 0.238. The van der Waals surface area contributed by atoms with Gasteiger partial charge in [-0.2, -0.15) is 0 Å². The van der Waals surface area contributed by atoms with Crippen molar-refractivity contribution in [2.75, 3.05) is 13.2 Å². The molecule has 2 amide bonds. The van der Waals surface area contributed by atoms with Crippen LogP contribution >= 0.6 is 0 Å². The number of aliphatic hydroxyl groups is 1. The van der Waals surface area contributed by atoms with Crippen molar-refractivity contribution >= 4 is 17.8 Å². The molecular formula is C12H21NO5. The van der Waals surface area contributed by atoms with Gasteiger partial charge in [-0.3, -0.25) is 19.7 Å². The van der Waals surface area contributed by atoms with Crippen molar-refractivity contribution in [2.45, 2.75) is 34.1 Å². The maximum Gasteiger partial charge on any atom is 0.311 e. The highest BCUT2D eigenvalue weighted by Crippen LogP contribution is 2.21. The summed E-state index contributed by atoms with van der Waals surface area (Å²) in [7, 11) is 0. The van der Waals surface area contributed by atoms with Crippen LogP contribution in [0, 0.1) is 11.3 Å². The molecule has 6 heteroatoms. The van der Waals surface area contributed by atoms with Crippen LogP contribution in [0.4, 0.5) is 0 Å². The van der Waals surface area contributed by atoms with E-state index in [4.69, 9.17) is 9.84 Å². The van der Waals surface area contributed by atoms with Gasteiger partial charge in [0.05, 0.1) is 17.9 Å². The van der Waals surface area contributed by atoms with E-state index >= 15 is 0 Å². The van der Waals surface area contributed by atoms with Crippen LogP contribution in [-0.2, 0) is 19.1 Å². The number of aliphatic hydroxyl groups excluding tert-OH is 1. The largest absolute Gasteiger partial charge is 0.464 e. The zero-order chi connectivity index (χ0) is 14.3. The lowest BCUT2D eigenvalue weighted by atomic mass is 9.91. The number of nitrogens with one attached hydrogen (secondary N) is 1. The van der Waals surface area contributed by atoms with Crippen molar-refractivity contribution in [3.8, 4) is 0 Å². The van der Waals surface area contributed by atoms with Crippen LogP contribution in [-0.4, -0.2) is 36.1 Å². The van der Waals surface area contributed by atoms with Gasteiger partial charge in [0.2, 0.25) is 11.8 Å². The number of hydrogen-bond donors (Lipinski definition) is 2. The Balaban J connectivity index is 4.36. The highest BCUT2D eigenvalue weighted by Gasteiger charge is 2.29. The first kappa shape index (κ1) is 16.6. The zero-order valence-electron chi connectivity index (χ0n) is 11.3. The van der Waals surface area contributed by atoms with Gasteiger partial charge in [-0.15, -0.1) is 0 Å². The number of rotatable bonds is 6. The molecule has 0 saturated heterocycles. The number of esters is 1. The lowest BCUT2D eigenvalue weighted by Gasteiger charge is -2.22. The average Bonchev–Trinajstić information content (AvgIpc) is 2.28. The van der Waals surface area contributed by atoms with E-state index in [-0.39, 0.29) is 6.61 Å². The summed E-state index contributed by atoms with van der Waals surface area (Å²) < 4.78 is 4.98. The molecule has 1 unspecified atom stereocenters. The van der Waals surface area contributed by atoms with Crippen molar-refractivity contribution in [1.29, 1.82) is 0 Å². The summed E-state index contributed by atoms with van der Waals surface area (Å²) in [6.07, 6.45) is 0.606. The van der Waals surface area contributed by atoms with Gasteiger partial charge in [-0.1, -0.05) is 6.92 Å². The van der Waals surface area contributed by atoms with Crippen LogP contribution in [0.25, 0.3) is 0 Å². The Hall–Kier alpha value is -1.43. The fourth-order valence-electron chi connectivity index (χ4n) is 1.00. The quantitative estimate of drug-likeness (QED) is 0.666. The summed E-state index contributed by atoms with van der Waals surface area (Å²) in [5.74, 6) is -2.52. The van der Waals surface area contributed by atoms with E-state index in [2.05, 4.69) is 0 Å². The molecule has 0 spiro atoms. The predicted octanol–water partition coefficient (Wildman–Crippen LogP) is 0.237. The number of carbonyl (C=O) groups is 3. The molecule has 0 saturated carbocycles. The number of ether oxygens (including phenoxy) is 1. The highest BCUT2D eigenvalue weighted by atomic mass is 16.5. The fourth-order valence-corrected chi connectivity index (χ4v) is 1.00. The second kappa shape index (κ2) is 7.10. The Morgan fingerprint density at radius 2 is 1.89 bits per heavy atom. The van der Waals surface area contributed by atoms with E-state index in [0.717, 1.165) is 0 Å². The highest BCUT2D eigenvalue weighted by molar-refractivity contribution is 5.95. The molecule has 104 valence electrons. The summed E-state index contributed by atoms with van der Waals surface area (Å²) >= 11 is 0. The molecular weight excluding hydrogens is 238 g/mol. The van der Waals surface area contributed by atoms with Crippen LogP contribution < -0.4 is 5.32 Å². The molecule has 0 bridgehead atoms. The maximum atomic E-state index is 11.7. The van der Waals surface area contributed by atoms with Gasteiger partial charge in [0.25, 0.3) is 0 Å². The van der Waals surface area contributed by atoms with Crippen molar-refractivity contribution in [1.82, 2.24) is 5.32 Å². The van der Waals surface area contributed by atoms with Gasteiger partial charge in [0.15, 0.2) is 0 Å². The molecule has 0 rings (SSSR count). The number of imide groups is 1. The minimum Gasteiger partial charge on any atom is -0.464 e. The van der Waals surface area contributed by atoms with Crippen LogP contribution in [0.1, 0.15) is 34.1 Å². The summed E-state index contributed by atoms with van der Waals surface area (Å²) in [5.41, 5.74) is -0.628. The van der Waals surface area contributed by atoms with E-state index in [1.807, 2.05) is 12.2 Å². The van der Waals surface area contributed by atoms with Gasteiger partial charge in [-0.25, -0.2) is 0 Å². The predicted molar refractivity (Wildman–Crippen MR) is 64.4 cm³/mol. The van der Waals surface area contributed by atoms with Crippen molar-refractivity contribution in [3.63, 3.8) is 0 Å². The van der Waals surface area contributed by atoms with E-state index in [0.29, 0.717) is 6.42 Å². The second-order valence-corrected chi connectivity index (χ2v) is 4.76. The third kappa shape index (κ3) is 5.27. The number of hydrogen-bond acceptors (Lipinski definition) is 5. The van der Waals surface area contributed by atoms with Gasteiger partial charge in [0.1, 0.15) is 6.61 Å². The van der Waals surface area contributed by atoms with Crippen LogP contribution in [0.3, 0.4) is 0 Å². The topological polar surface area (TPSA) is 92.7 Å². The van der Waals surface area contributed by atoms with Crippen LogP contribution in [0.15, 0.2) is 0 Å². The normalized spacial score (nSPS) is 12.7. The standard InChI is InChI=1S/C12H21NO5/c1-5-12(3,4)11(17)18-7-9(6-14)10(16)13-8(2)15/h9,14H,5-7H2,1-4H3,(H,13,15,16). The van der Waals surface area contributed by atoms with E-state index in [9.17, 15) is 14.4 Å². The molecule has 0 aromatic carbocycles. The van der Waals surface area contributed by atoms with Crippen LogP contribution in [0.5, 0.6) is 0 Å². The smallest absolute Gasteiger partial charge is 0.311 e. The molecule has 2 N–H and O–H groups in total. The molecule has 0 radical (unpaired) electrons. The van der Waals surface area contributed by atoms with E-state index in [1.54, 1.807) is 13.8 Å². The van der Waals surface area contributed by atoms with Crippen molar-refractivity contribution < 1.29 is 24.2 Å². The molecule has 0 aliphatic rings. The third-order valence-corrected chi connectivity index (χ3v) is 2.74. The minimum atomic E-state index is -0.925. The first-order valence-electron chi connectivity index (χ1n) is 5.84. The summed E-state index contributed by atoms with van der Waals surface area (Å²) in [6.45, 7) is 5.79. The average molecular weight is 259 g/mol. The Morgan fingerprint density at radius 1 is 1.33 bits per heavy atom. The van der Waals surface area contributed by atoms with Crippen LogP contribution in [0.2, 0.25) is 0 Å². The molecule has 0 aromatic heterocycles. The fraction of sp³-hybridized carbons (Fsp3) is 0.750. The zero-order valence-corrected chi connectivity index (χ0v) is 11.3. The molecule has 6 nitrogen and oxygen atoms in total. The van der Waals surface area contributed by atoms with E-state index in [1.165, 1.54) is 6.92 Å². The summed E-state index contributed by atoms with van der Waals surface area (Å²) in [6, 6.07) is 0. The molecule has 0 aliphatic heterocycles. The maximum absolute atomic E-state index is 11.7. The first-order chi connectivity index (χ1) is 8.24. The Morgan fingerprint density at radius 3 is 2.28 bits per heavy atom. The van der Waals surface area contributed by atoms with E-state index < -0.39 is 35.7 Å². The SMILES string of the molecule is CCC(C)(C)C(=O)OCC(CO)C(=O)NC(C)=O. The molecule has 18 heavy (non-hydrogen) atoms.